The lowest BCUT2D eigenvalue weighted by Crippen LogP contribution is -2.57. The molecule has 1 aliphatic rings. The van der Waals surface area contributed by atoms with Gasteiger partial charge < -0.3 is 10.2 Å². The number of halogens is 3. The Bertz CT molecular complexity index is 764. The maximum atomic E-state index is 13.3. The minimum absolute atomic E-state index is 0.113. The van der Waals surface area contributed by atoms with Gasteiger partial charge in [0.05, 0.1) is 4.92 Å². The average molecular weight is 385 g/mol. The summed E-state index contributed by atoms with van der Waals surface area (Å²) in [6.07, 6.45) is -2.61. The van der Waals surface area contributed by atoms with Gasteiger partial charge >= 0.3 is 6.18 Å². The number of nitrogens with one attached hydrogen (secondary N) is 1. The number of nitrogens with zero attached hydrogens (tertiary/aromatic N) is 2. The van der Waals surface area contributed by atoms with Crippen LogP contribution in [0.1, 0.15) is 25.3 Å². The number of hydrogen-bond acceptors (Lipinski definition) is 4. The highest BCUT2D eigenvalue weighted by molar-refractivity contribution is 5.92. The third-order valence-corrected chi connectivity index (χ3v) is 4.15. The number of rotatable bonds is 4. The lowest BCUT2D eigenvalue weighted by Gasteiger charge is -2.40. The second-order valence-corrected chi connectivity index (χ2v) is 6.21. The zero-order valence-electron chi connectivity index (χ0n) is 14.4. The van der Waals surface area contributed by atoms with Crippen LogP contribution in [0.3, 0.4) is 0 Å². The molecule has 0 bridgehead atoms. The van der Waals surface area contributed by atoms with Crippen molar-refractivity contribution in [2.75, 3.05) is 6.54 Å². The van der Waals surface area contributed by atoms with E-state index in [1.165, 1.54) is 37.3 Å². The Morgan fingerprint density at radius 2 is 2.04 bits per heavy atom. The number of alkyl halides is 3. The van der Waals surface area contributed by atoms with Crippen LogP contribution in [-0.2, 0) is 9.59 Å². The third-order valence-electron chi connectivity index (χ3n) is 4.15. The summed E-state index contributed by atoms with van der Waals surface area (Å²) in [5, 5.41) is 13.3. The van der Waals surface area contributed by atoms with Crippen molar-refractivity contribution in [3.63, 3.8) is 0 Å². The molecule has 1 aliphatic heterocycles. The zero-order chi connectivity index (χ0) is 20.2. The molecular weight excluding hydrogens is 367 g/mol. The minimum Gasteiger partial charge on any atom is -0.352 e. The summed E-state index contributed by atoms with van der Waals surface area (Å²) in [7, 11) is 0. The first kappa shape index (κ1) is 20.4. The van der Waals surface area contributed by atoms with Gasteiger partial charge in [0.1, 0.15) is 6.04 Å². The van der Waals surface area contributed by atoms with Crippen molar-refractivity contribution in [3.8, 4) is 0 Å². The third kappa shape index (κ3) is 5.53. The summed E-state index contributed by atoms with van der Waals surface area (Å²) in [5.74, 6) is -1.26. The number of nitro benzene ring substituents is 1. The van der Waals surface area contributed by atoms with Gasteiger partial charge in [-0.1, -0.05) is 12.1 Å². The number of amides is 2. The highest BCUT2D eigenvalue weighted by atomic mass is 19.4. The number of likely N-dealkylation sites (tertiary alicyclic amines) is 1. The van der Waals surface area contributed by atoms with Gasteiger partial charge in [-0.2, -0.15) is 13.2 Å². The summed E-state index contributed by atoms with van der Waals surface area (Å²) >= 11 is 0. The van der Waals surface area contributed by atoms with Crippen LogP contribution in [0.5, 0.6) is 0 Å². The fourth-order valence-corrected chi connectivity index (χ4v) is 2.97. The van der Waals surface area contributed by atoms with E-state index in [4.69, 9.17) is 0 Å². The van der Waals surface area contributed by atoms with Gasteiger partial charge in [-0.05, 0) is 24.5 Å². The van der Waals surface area contributed by atoms with Crippen LogP contribution >= 0.6 is 0 Å². The van der Waals surface area contributed by atoms with E-state index in [0.29, 0.717) is 10.5 Å². The molecule has 2 atom stereocenters. The smallest absolute Gasteiger partial charge is 0.352 e. The van der Waals surface area contributed by atoms with Crippen LogP contribution in [0.4, 0.5) is 18.9 Å². The van der Waals surface area contributed by atoms with Gasteiger partial charge in [-0.15, -0.1) is 0 Å². The number of carbonyl (C=O) groups is 2. The number of hydrogen-bond donors (Lipinski definition) is 1. The summed E-state index contributed by atoms with van der Waals surface area (Å²) in [4.78, 5) is 34.4. The molecule has 7 nitrogen and oxygen atoms in total. The molecule has 27 heavy (non-hydrogen) atoms. The maximum absolute atomic E-state index is 13.3. The van der Waals surface area contributed by atoms with E-state index in [-0.39, 0.29) is 31.0 Å². The van der Waals surface area contributed by atoms with Crippen molar-refractivity contribution in [1.82, 2.24) is 10.2 Å². The van der Waals surface area contributed by atoms with Crippen molar-refractivity contribution in [3.05, 3.63) is 46.0 Å². The summed E-state index contributed by atoms with van der Waals surface area (Å²) in [6, 6.07) is 2.88. The molecule has 0 aliphatic carbocycles. The van der Waals surface area contributed by atoms with Crippen molar-refractivity contribution in [2.45, 2.75) is 38.0 Å². The molecule has 0 saturated carbocycles. The van der Waals surface area contributed by atoms with Gasteiger partial charge in [0.25, 0.3) is 5.69 Å². The highest BCUT2D eigenvalue weighted by Gasteiger charge is 2.47. The monoisotopic (exact) mass is 385 g/mol. The molecular formula is C17H18F3N3O4. The van der Waals surface area contributed by atoms with Gasteiger partial charge in [-0.3, -0.25) is 19.7 Å². The maximum Gasteiger partial charge on any atom is 0.408 e. The Kier molecular flexibility index (Phi) is 6.19. The Labute approximate surface area is 153 Å². The molecule has 2 unspecified atom stereocenters. The van der Waals surface area contributed by atoms with E-state index in [1.807, 2.05) is 0 Å². The van der Waals surface area contributed by atoms with Crippen LogP contribution in [0, 0.1) is 10.1 Å². The van der Waals surface area contributed by atoms with Crippen molar-refractivity contribution in [1.29, 1.82) is 0 Å². The van der Waals surface area contributed by atoms with Crippen molar-refractivity contribution < 1.29 is 27.7 Å². The Morgan fingerprint density at radius 3 is 2.63 bits per heavy atom. The number of benzene rings is 1. The number of piperidine rings is 1. The van der Waals surface area contributed by atoms with Crippen LogP contribution in [0.25, 0.3) is 6.08 Å². The quantitative estimate of drug-likeness (QED) is 0.490. The van der Waals surface area contributed by atoms with Crippen LogP contribution in [-0.4, -0.2) is 46.4 Å². The first-order chi connectivity index (χ1) is 12.6. The minimum atomic E-state index is -4.59. The van der Waals surface area contributed by atoms with E-state index in [9.17, 15) is 32.9 Å². The largest absolute Gasteiger partial charge is 0.408 e. The Morgan fingerprint density at radius 1 is 1.33 bits per heavy atom. The standard InChI is InChI=1S/C17H18F3N3O4/c1-11(24)21-13-6-7-15(17(18,19)20)22(10-13)16(25)8-5-12-3-2-4-14(9-12)23(26)27/h2-5,8-9,13,15H,6-7,10H2,1H3,(H,21,24). The molecule has 1 aromatic carbocycles. The predicted octanol–water partition coefficient (Wildman–Crippen LogP) is 2.67. The average Bonchev–Trinajstić information content (AvgIpc) is 2.58. The van der Waals surface area contributed by atoms with Crippen LogP contribution in [0.2, 0.25) is 0 Å². The molecule has 2 amide bonds. The van der Waals surface area contributed by atoms with E-state index in [2.05, 4.69) is 5.32 Å². The fraction of sp³-hybridized carbons (Fsp3) is 0.412. The topological polar surface area (TPSA) is 92.6 Å². The molecule has 0 spiro atoms. The van der Waals surface area contributed by atoms with Gasteiger partial charge in [0.15, 0.2) is 0 Å². The zero-order valence-corrected chi connectivity index (χ0v) is 14.4. The van der Waals surface area contributed by atoms with Crippen molar-refractivity contribution >= 4 is 23.6 Å². The molecule has 1 saturated heterocycles. The molecule has 0 aromatic heterocycles. The summed E-state index contributed by atoms with van der Waals surface area (Å²) in [6.45, 7) is 0.992. The molecule has 10 heteroatoms. The SMILES string of the molecule is CC(=O)NC1CCC(C(F)(F)F)N(C(=O)C=Cc2cccc([N+](=O)[O-])c2)C1. The molecule has 146 valence electrons. The normalized spacial score (nSPS) is 20.5. The molecule has 0 radical (unpaired) electrons. The van der Waals surface area contributed by atoms with Crippen molar-refractivity contribution in [2.24, 2.45) is 0 Å². The van der Waals surface area contributed by atoms with E-state index in [1.54, 1.807) is 0 Å². The second-order valence-electron chi connectivity index (χ2n) is 6.21. The number of carbonyl (C=O) groups excluding carboxylic acids is 2. The molecule has 1 aromatic rings. The first-order valence-corrected chi connectivity index (χ1v) is 8.15. The van der Waals surface area contributed by atoms with E-state index >= 15 is 0 Å². The molecule has 1 fully saturated rings. The second kappa shape index (κ2) is 8.19. The fourth-order valence-electron chi connectivity index (χ4n) is 2.97. The van der Waals surface area contributed by atoms with Crippen LogP contribution in [0.15, 0.2) is 30.3 Å². The molecule has 1 heterocycles. The number of nitro groups is 1. The Hall–Kier alpha value is -2.91. The Balaban J connectivity index is 2.19. The molecule has 1 N–H and O–H groups in total. The number of non-ortho nitro benzene ring substituents is 1. The van der Waals surface area contributed by atoms with E-state index < -0.39 is 29.1 Å². The van der Waals surface area contributed by atoms with Crippen LogP contribution < -0.4 is 5.32 Å². The van der Waals surface area contributed by atoms with Gasteiger partial charge in [0, 0.05) is 37.7 Å². The molecule has 2 rings (SSSR count). The lowest BCUT2D eigenvalue weighted by molar-refractivity contribution is -0.384. The lowest BCUT2D eigenvalue weighted by atomic mass is 9.97. The summed E-state index contributed by atoms with van der Waals surface area (Å²) in [5.41, 5.74) is 0.123. The van der Waals surface area contributed by atoms with Gasteiger partial charge in [0.2, 0.25) is 11.8 Å². The highest BCUT2D eigenvalue weighted by Crippen LogP contribution is 2.32. The summed E-state index contributed by atoms with van der Waals surface area (Å²) < 4.78 is 39.8. The predicted molar refractivity (Wildman–Crippen MR) is 90.5 cm³/mol. The van der Waals surface area contributed by atoms with E-state index in [0.717, 1.165) is 6.08 Å². The van der Waals surface area contributed by atoms with Gasteiger partial charge in [-0.25, -0.2) is 0 Å². The first-order valence-electron chi connectivity index (χ1n) is 8.15.